The lowest BCUT2D eigenvalue weighted by molar-refractivity contribution is 0.527. The zero-order valence-corrected chi connectivity index (χ0v) is 11.8. The standard InChI is InChI=1S/C17H12N2O3/c1-11-16-13(20)10-15(14-8-5-9-21-14)22-17(16)19(18-11)12-6-3-2-4-7-12/h2-10H,1H3. The molecular weight excluding hydrogens is 280 g/mol. The van der Waals surface area contributed by atoms with Gasteiger partial charge in [-0.3, -0.25) is 4.79 Å². The molecule has 0 aliphatic carbocycles. The summed E-state index contributed by atoms with van der Waals surface area (Å²) in [6, 6.07) is 14.5. The fourth-order valence-corrected chi connectivity index (χ4v) is 2.49. The van der Waals surface area contributed by atoms with Crippen molar-refractivity contribution >= 4 is 11.1 Å². The van der Waals surface area contributed by atoms with Gasteiger partial charge in [0.2, 0.25) is 5.71 Å². The number of furan rings is 1. The van der Waals surface area contributed by atoms with Crippen LogP contribution in [-0.2, 0) is 0 Å². The number of aromatic nitrogens is 2. The van der Waals surface area contributed by atoms with Crippen molar-refractivity contribution in [3.05, 3.63) is 70.7 Å². The topological polar surface area (TPSA) is 61.2 Å². The maximum absolute atomic E-state index is 12.4. The minimum Gasteiger partial charge on any atom is -0.461 e. The lowest BCUT2D eigenvalue weighted by Crippen LogP contribution is -2.01. The van der Waals surface area contributed by atoms with Gasteiger partial charge in [-0.05, 0) is 31.2 Å². The molecule has 3 heterocycles. The minimum atomic E-state index is -0.132. The van der Waals surface area contributed by atoms with E-state index in [2.05, 4.69) is 5.10 Å². The molecule has 108 valence electrons. The Bertz CT molecular complexity index is 996. The largest absolute Gasteiger partial charge is 0.461 e. The van der Waals surface area contributed by atoms with Crippen LogP contribution in [0.25, 0.3) is 28.3 Å². The summed E-state index contributed by atoms with van der Waals surface area (Å²) in [6.45, 7) is 1.80. The van der Waals surface area contributed by atoms with Gasteiger partial charge in [0.1, 0.15) is 5.39 Å². The molecule has 5 nitrogen and oxygen atoms in total. The van der Waals surface area contributed by atoms with Crippen LogP contribution in [-0.4, -0.2) is 9.78 Å². The van der Waals surface area contributed by atoms with Gasteiger partial charge in [-0.1, -0.05) is 18.2 Å². The first-order valence-corrected chi connectivity index (χ1v) is 6.87. The van der Waals surface area contributed by atoms with Crippen LogP contribution in [0.3, 0.4) is 0 Å². The highest BCUT2D eigenvalue weighted by atomic mass is 16.4. The molecule has 0 spiro atoms. The quantitative estimate of drug-likeness (QED) is 0.567. The number of rotatable bonds is 2. The molecule has 0 aliphatic heterocycles. The first-order valence-electron chi connectivity index (χ1n) is 6.87. The van der Waals surface area contributed by atoms with Gasteiger partial charge in [-0.2, -0.15) is 9.78 Å². The molecule has 0 saturated carbocycles. The molecule has 0 radical (unpaired) electrons. The van der Waals surface area contributed by atoms with Crippen molar-refractivity contribution in [3.63, 3.8) is 0 Å². The summed E-state index contributed by atoms with van der Waals surface area (Å²) < 4.78 is 12.9. The van der Waals surface area contributed by atoms with Crippen LogP contribution in [0.15, 0.2) is 68.4 Å². The molecular formula is C17H12N2O3. The number of aryl methyl sites for hydroxylation is 1. The molecule has 0 saturated heterocycles. The second kappa shape index (κ2) is 4.73. The third-order valence-corrected chi connectivity index (χ3v) is 3.50. The number of fused-ring (bicyclic) bond motifs is 1. The molecule has 5 heteroatoms. The molecule has 0 N–H and O–H groups in total. The Morgan fingerprint density at radius 1 is 1.05 bits per heavy atom. The van der Waals surface area contributed by atoms with E-state index in [1.54, 1.807) is 30.0 Å². The maximum Gasteiger partial charge on any atom is 0.234 e. The summed E-state index contributed by atoms with van der Waals surface area (Å²) in [5.41, 5.74) is 1.76. The third-order valence-electron chi connectivity index (χ3n) is 3.50. The normalized spacial score (nSPS) is 11.1. The highest BCUT2D eigenvalue weighted by Crippen LogP contribution is 2.25. The van der Waals surface area contributed by atoms with Crippen LogP contribution < -0.4 is 5.43 Å². The summed E-state index contributed by atoms with van der Waals surface area (Å²) in [7, 11) is 0. The van der Waals surface area contributed by atoms with Gasteiger partial charge in [0.05, 0.1) is 17.6 Å². The van der Waals surface area contributed by atoms with Gasteiger partial charge in [0.25, 0.3) is 0 Å². The maximum atomic E-state index is 12.4. The molecule has 0 bridgehead atoms. The Kier molecular flexibility index (Phi) is 2.72. The van der Waals surface area contributed by atoms with E-state index in [-0.39, 0.29) is 5.43 Å². The smallest absolute Gasteiger partial charge is 0.234 e. The first kappa shape index (κ1) is 12.6. The molecule has 0 amide bonds. The number of hydrogen-bond donors (Lipinski definition) is 0. The average molecular weight is 292 g/mol. The Morgan fingerprint density at radius 2 is 1.86 bits per heavy atom. The van der Waals surface area contributed by atoms with Gasteiger partial charge in [0, 0.05) is 6.07 Å². The van der Waals surface area contributed by atoms with E-state index in [0.717, 1.165) is 5.69 Å². The van der Waals surface area contributed by atoms with E-state index in [1.165, 1.54) is 6.07 Å². The fraction of sp³-hybridized carbons (Fsp3) is 0.0588. The second-order valence-electron chi connectivity index (χ2n) is 4.97. The second-order valence-corrected chi connectivity index (χ2v) is 4.97. The Labute approximate surface area is 125 Å². The highest BCUT2D eigenvalue weighted by Gasteiger charge is 2.17. The summed E-state index contributed by atoms with van der Waals surface area (Å²) >= 11 is 0. The molecule has 0 aliphatic rings. The van der Waals surface area contributed by atoms with Crippen molar-refractivity contribution in [2.24, 2.45) is 0 Å². The van der Waals surface area contributed by atoms with E-state index in [4.69, 9.17) is 8.83 Å². The number of nitrogens with zero attached hydrogens (tertiary/aromatic N) is 2. The van der Waals surface area contributed by atoms with Gasteiger partial charge in [0.15, 0.2) is 16.9 Å². The van der Waals surface area contributed by atoms with Crippen molar-refractivity contribution in [1.29, 1.82) is 0 Å². The molecule has 0 unspecified atom stereocenters. The Morgan fingerprint density at radius 3 is 2.59 bits per heavy atom. The van der Waals surface area contributed by atoms with Crippen molar-refractivity contribution in [2.45, 2.75) is 6.92 Å². The molecule has 4 aromatic rings. The van der Waals surface area contributed by atoms with Crippen LogP contribution in [0.1, 0.15) is 5.69 Å². The summed E-state index contributed by atoms with van der Waals surface area (Å²) in [4.78, 5) is 12.4. The SMILES string of the molecule is Cc1nn(-c2ccccc2)c2oc(-c3ccco3)cc(=O)c12. The summed E-state index contributed by atoms with van der Waals surface area (Å²) in [5, 5.41) is 4.92. The molecule has 1 aromatic carbocycles. The lowest BCUT2D eigenvalue weighted by Gasteiger charge is -2.03. The van der Waals surface area contributed by atoms with Gasteiger partial charge >= 0.3 is 0 Å². The van der Waals surface area contributed by atoms with E-state index in [1.807, 2.05) is 30.3 Å². The van der Waals surface area contributed by atoms with Crippen LogP contribution in [0.2, 0.25) is 0 Å². The molecule has 4 rings (SSSR count). The highest BCUT2D eigenvalue weighted by molar-refractivity contribution is 5.79. The van der Waals surface area contributed by atoms with Crippen LogP contribution >= 0.6 is 0 Å². The predicted octanol–water partition coefficient (Wildman–Crippen LogP) is 3.55. The number of benzene rings is 1. The number of para-hydroxylation sites is 1. The average Bonchev–Trinajstić information content (AvgIpc) is 3.16. The molecule has 0 fully saturated rings. The van der Waals surface area contributed by atoms with Crippen LogP contribution in [0.4, 0.5) is 0 Å². The van der Waals surface area contributed by atoms with Gasteiger partial charge < -0.3 is 8.83 Å². The van der Waals surface area contributed by atoms with Crippen molar-refractivity contribution in [2.75, 3.05) is 0 Å². The zero-order valence-electron chi connectivity index (χ0n) is 11.8. The Hall–Kier alpha value is -3.08. The summed E-state index contributed by atoms with van der Waals surface area (Å²) in [5.74, 6) is 0.900. The Balaban J connectivity index is 2.05. The fourth-order valence-electron chi connectivity index (χ4n) is 2.49. The van der Waals surface area contributed by atoms with E-state index in [0.29, 0.717) is 28.3 Å². The number of hydrogen-bond acceptors (Lipinski definition) is 4. The minimum absolute atomic E-state index is 0.132. The van der Waals surface area contributed by atoms with Gasteiger partial charge in [-0.25, -0.2) is 0 Å². The monoisotopic (exact) mass is 292 g/mol. The van der Waals surface area contributed by atoms with Crippen molar-refractivity contribution < 1.29 is 8.83 Å². The predicted molar refractivity (Wildman–Crippen MR) is 82.0 cm³/mol. The van der Waals surface area contributed by atoms with Crippen LogP contribution in [0, 0.1) is 6.92 Å². The zero-order chi connectivity index (χ0) is 15.1. The molecule has 3 aromatic heterocycles. The summed E-state index contributed by atoms with van der Waals surface area (Å²) in [6.07, 6.45) is 1.54. The lowest BCUT2D eigenvalue weighted by atomic mass is 10.2. The molecule has 22 heavy (non-hydrogen) atoms. The third kappa shape index (κ3) is 1.87. The van der Waals surface area contributed by atoms with E-state index < -0.39 is 0 Å². The van der Waals surface area contributed by atoms with Crippen molar-refractivity contribution in [3.8, 4) is 17.2 Å². The van der Waals surface area contributed by atoms with E-state index >= 15 is 0 Å². The van der Waals surface area contributed by atoms with Crippen molar-refractivity contribution in [1.82, 2.24) is 9.78 Å². The first-order chi connectivity index (χ1) is 10.7. The van der Waals surface area contributed by atoms with Gasteiger partial charge in [-0.15, -0.1) is 0 Å². The van der Waals surface area contributed by atoms with Crippen LogP contribution in [0.5, 0.6) is 0 Å². The molecule has 0 atom stereocenters. The van der Waals surface area contributed by atoms with E-state index in [9.17, 15) is 4.79 Å².